The number of piperidine rings is 1. The van der Waals surface area contributed by atoms with Crippen molar-refractivity contribution in [3.05, 3.63) is 11.9 Å². The lowest BCUT2D eigenvalue weighted by Crippen LogP contribution is -2.35. The Hall–Kier alpha value is -1.92. The summed E-state index contributed by atoms with van der Waals surface area (Å²) in [5.41, 5.74) is 0.235. The van der Waals surface area contributed by atoms with E-state index in [4.69, 9.17) is 5.11 Å². The monoisotopic (exact) mass is 264 g/mol. The van der Waals surface area contributed by atoms with E-state index in [-0.39, 0.29) is 18.1 Å². The number of carboxylic acids is 1. The molecule has 1 aromatic heterocycles. The predicted octanol–water partition coefficient (Wildman–Crippen LogP) is 0.0907. The van der Waals surface area contributed by atoms with Crippen LogP contribution in [0.5, 0.6) is 0 Å². The molecule has 2 heterocycles. The molecule has 1 saturated heterocycles. The minimum absolute atomic E-state index is 0.0233. The lowest BCUT2D eigenvalue weighted by molar-refractivity contribution is -0.131. The molecular weight excluding hydrogens is 248 g/mol. The molecule has 3 rings (SSSR count). The van der Waals surface area contributed by atoms with Gasteiger partial charge in [-0.05, 0) is 17.3 Å². The van der Waals surface area contributed by atoms with Crippen LogP contribution in [0.15, 0.2) is 6.20 Å². The van der Waals surface area contributed by atoms with Gasteiger partial charge in [0.2, 0.25) is 5.91 Å². The Morgan fingerprint density at radius 3 is 2.58 bits per heavy atom. The van der Waals surface area contributed by atoms with Gasteiger partial charge in [-0.3, -0.25) is 4.79 Å². The molecule has 1 N–H and O–H groups in total. The van der Waals surface area contributed by atoms with E-state index in [1.807, 2.05) is 4.90 Å². The number of carboxylic acid groups (broad SMARTS) is 1. The summed E-state index contributed by atoms with van der Waals surface area (Å²) < 4.78 is 1.28. The molecule has 0 spiro atoms. The van der Waals surface area contributed by atoms with Crippen LogP contribution in [0.4, 0.5) is 0 Å². The van der Waals surface area contributed by atoms with Gasteiger partial charge in [-0.15, -0.1) is 5.10 Å². The highest BCUT2D eigenvalue weighted by Gasteiger charge is 2.62. The molecule has 0 radical (unpaired) electrons. The molecule has 1 aliphatic heterocycles. The first-order valence-electron chi connectivity index (χ1n) is 6.31. The minimum atomic E-state index is -1.14. The van der Waals surface area contributed by atoms with Gasteiger partial charge in [0, 0.05) is 13.1 Å². The number of carbonyl (C=O) groups is 2. The molecule has 2 atom stereocenters. The van der Waals surface area contributed by atoms with Crippen LogP contribution >= 0.6 is 0 Å². The Balaban J connectivity index is 1.59. The summed E-state index contributed by atoms with van der Waals surface area (Å²) in [6, 6.07) is 0. The van der Waals surface area contributed by atoms with Gasteiger partial charge < -0.3 is 10.0 Å². The molecule has 1 amide bonds. The highest BCUT2D eigenvalue weighted by atomic mass is 16.4. The summed E-state index contributed by atoms with van der Waals surface area (Å²) in [5, 5.41) is 15.9. The zero-order valence-electron chi connectivity index (χ0n) is 10.9. The van der Waals surface area contributed by atoms with E-state index in [2.05, 4.69) is 24.2 Å². The molecule has 2 unspecified atom stereocenters. The number of aromatic nitrogens is 3. The molecule has 102 valence electrons. The van der Waals surface area contributed by atoms with Crippen LogP contribution in [0.25, 0.3) is 0 Å². The van der Waals surface area contributed by atoms with Crippen LogP contribution in [-0.2, 0) is 11.3 Å². The maximum atomic E-state index is 12.1. The zero-order chi connectivity index (χ0) is 13.8. The van der Waals surface area contributed by atoms with Crippen molar-refractivity contribution in [3.63, 3.8) is 0 Å². The van der Waals surface area contributed by atoms with Crippen molar-refractivity contribution < 1.29 is 14.7 Å². The molecule has 1 aromatic rings. The van der Waals surface area contributed by atoms with Crippen LogP contribution in [0, 0.1) is 17.3 Å². The summed E-state index contributed by atoms with van der Waals surface area (Å²) >= 11 is 0. The minimum Gasteiger partial charge on any atom is -0.476 e. The van der Waals surface area contributed by atoms with Crippen molar-refractivity contribution in [2.24, 2.45) is 17.3 Å². The predicted molar refractivity (Wildman–Crippen MR) is 64.3 cm³/mol. The average molecular weight is 264 g/mol. The molecular formula is C12H16N4O3. The number of hydrogen-bond acceptors (Lipinski definition) is 4. The van der Waals surface area contributed by atoms with E-state index >= 15 is 0 Å². The molecule has 2 fully saturated rings. The summed E-state index contributed by atoms with van der Waals surface area (Å²) in [7, 11) is 0. The Labute approximate surface area is 110 Å². The molecule has 1 saturated carbocycles. The molecule has 7 heteroatoms. The first kappa shape index (κ1) is 12.1. The van der Waals surface area contributed by atoms with Crippen molar-refractivity contribution >= 4 is 11.9 Å². The van der Waals surface area contributed by atoms with E-state index < -0.39 is 5.97 Å². The third-order valence-electron chi connectivity index (χ3n) is 4.53. The lowest BCUT2D eigenvalue weighted by Gasteiger charge is -2.21. The third kappa shape index (κ3) is 1.89. The molecule has 0 bridgehead atoms. The number of nitrogens with zero attached hydrogens (tertiary/aromatic N) is 4. The smallest absolute Gasteiger partial charge is 0.358 e. The molecule has 7 nitrogen and oxygen atoms in total. The fraction of sp³-hybridized carbons (Fsp3) is 0.667. The fourth-order valence-electron chi connectivity index (χ4n) is 3.05. The van der Waals surface area contributed by atoms with Crippen LogP contribution in [0.2, 0.25) is 0 Å². The summed E-state index contributed by atoms with van der Waals surface area (Å²) in [6.45, 7) is 6.13. The summed E-state index contributed by atoms with van der Waals surface area (Å²) in [5.74, 6) is 0.0660. The molecule has 2 aliphatic rings. The van der Waals surface area contributed by atoms with E-state index in [0.717, 1.165) is 13.1 Å². The van der Waals surface area contributed by atoms with Gasteiger partial charge in [-0.1, -0.05) is 19.1 Å². The number of likely N-dealkylation sites (tertiary alicyclic amines) is 1. The van der Waals surface area contributed by atoms with Crippen LogP contribution in [0.3, 0.4) is 0 Å². The van der Waals surface area contributed by atoms with Gasteiger partial charge in [0.15, 0.2) is 5.69 Å². The third-order valence-corrected chi connectivity index (χ3v) is 4.53. The topological polar surface area (TPSA) is 88.3 Å². The van der Waals surface area contributed by atoms with E-state index in [9.17, 15) is 9.59 Å². The summed E-state index contributed by atoms with van der Waals surface area (Å²) in [6.07, 6.45) is 1.28. The Kier molecular flexibility index (Phi) is 2.42. The zero-order valence-corrected chi connectivity index (χ0v) is 10.9. The molecule has 19 heavy (non-hydrogen) atoms. The standard InChI is InChI=1S/C12H16N4O3/c1-12(2)7-3-15(4-8(7)12)10(17)6-16-5-9(11(18)19)13-14-16/h5,7-8H,3-4,6H2,1-2H3,(H,18,19). The Morgan fingerprint density at radius 1 is 1.42 bits per heavy atom. The second-order valence-electron chi connectivity index (χ2n) is 5.94. The quantitative estimate of drug-likeness (QED) is 0.836. The highest BCUT2D eigenvalue weighted by Crippen LogP contribution is 2.61. The second-order valence-corrected chi connectivity index (χ2v) is 5.94. The SMILES string of the molecule is CC1(C)C2CN(C(=O)Cn3cc(C(=O)O)nn3)CC21. The number of rotatable bonds is 3. The fourth-order valence-corrected chi connectivity index (χ4v) is 3.05. The van der Waals surface area contributed by atoms with E-state index in [1.165, 1.54) is 10.9 Å². The number of aromatic carboxylic acids is 1. The number of fused-ring (bicyclic) bond motifs is 1. The normalized spacial score (nSPS) is 27.2. The van der Waals surface area contributed by atoms with E-state index in [1.54, 1.807) is 0 Å². The van der Waals surface area contributed by atoms with Crippen molar-refractivity contribution in [3.8, 4) is 0 Å². The second kappa shape index (κ2) is 3.79. The molecule has 0 aromatic carbocycles. The van der Waals surface area contributed by atoms with Gasteiger partial charge in [-0.2, -0.15) is 0 Å². The summed E-state index contributed by atoms with van der Waals surface area (Å²) in [4.78, 5) is 24.6. The van der Waals surface area contributed by atoms with Gasteiger partial charge in [0.25, 0.3) is 0 Å². The van der Waals surface area contributed by atoms with Gasteiger partial charge in [0.1, 0.15) is 6.54 Å². The maximum absolute atomic E-state index is 12.1. The molecule has 1 aliphatic carbocycles. The van der Waals surface area contributed by atoms with Crippen molar-refractivity contribution in [1.82, 2.24) is 19.9 Å². The lowest BCUT2D eigenvalue weighted by atomic mass is 10.1. The van der Waals surface area contributed by atoms with Crippen molar-refractivity contribution in [1.29, 1.82) is 0 Å². The van der Waals surface area contributed by atoms with E-state index in [0.29, 0.717) is 17.3 Å². The van der Waals surface area contributed by atoms with Gasteiger partial charge >= 0.3 is 5.97 Å². The first-order valence-corrected chi connectivity index (χ1v) is 6.31. The average Bonchev–Trinajstić information content (AvgIpc) is 2.81. The van der Waals surface area contributed by atoms with Crippen molar-refractivity contribution in [2.75, 3.05) is 13.1 Å². The number of hydrogen-bond donors (Lipinski definition) is 1. The number of amides is 1. The maximum Gasteiger partial charge on any atom is 0.358 e. The van der Waals surface area contributed by atoms with Gasteiger partial charge in [-0.25, -0.2) is 9.48 Å². The van der Waals surface area contributed by atoms with Crippen LogP contribution in [-0.4, -0.2) is 50.0 Å². The first-order chi connectivity index (χ1) is 8.89. The van der Waals surface area contributed by atoms with Gasteiger partial charge in [0.05, 0.1) is 6.20 Å². The Morgan fingerprint density at radius 2 is 2.05 bits per heavy atom. The largest absolute Gasteiger partial charge is 0.476 e. The van der Waals surface area contributed by atoms with Crippen LogP contribution < -0.4 is 0 Å². The van der Waals surface area contributed by atoms with Crippen LogP contribution in [0.1, 0.15) is 24.3 Å². The highest BCUT2D eigenvalue weighted by molar-refractivity contribution is 5.84. The Bertz CT molecular complexity index is 537. The number of carbonyl (C=O) groups excluding carboxylic acids is 1. The van der Waals surface area contributed by atoms with Crippen molar-refractivity contribution in [2.45, 2.75) is 20.4 Å².